The molecule has 6 nitrogen and oxygen atoms in total. The van der Waals surface area contributed by atoms with Crippen LogP contribution in [0.1, 0.15) is 6.42 Å². The van der Waals surface area contributed by atoms with Crippen LogP contribution in [-0.2, 0) is 9.59 Å². The third-order valence-corrected chi connectivity index (χ3v) is 5.28. The van der Waals surface area contributed by atoms with Crippen LogP contribution in [0.2, 0.25) is 0 Å². The van der Waals surface area contributed by atoms with E-state index in [0.29, 0.717) is 11.3 Å². The van der Waals surface area contributed by atoms with Crippen molar-refractivity contribution in [2.24, 2.45) is 0 Å². The Balaban J connectivity index is 1.30. The molecule has 0 aliphatic rings. The van der Waals surface area contributed by atoms with Crippen LogP contribution in [0.15, 0.2) is 91.0 Å². The van der Waals surface area contributed by atoms with Gasteiger partial charge in [0.15, 0.2) is 17.3 Å². The number of esters is 2. The zero-order chi connectivity index (χ0) is 28.0. The van der Waals surface area contributed by atoms with Crippen LogP contribution in [0.5, 0.6) is 17.2 Å². The monoisotopic (exact) mass is 535 g/mol. The highest BCUT2D eigenvalue weighted by Gasteiger charge is 2.32. The average Bonchev–Trinajstić information content (AvgIpc) is 2.90. The van der Waals surface area contributed by atoms with E-state index in [4.69, 9.17) is 16.0 Å². The summed E-state index contributed by atoms with van der Waals surface area (Å²) in [6.45, 7) is 7.00. The van der Waals surface area contributed by atoms with Crippen molar-refractivity contribution in [3.8, 4) is 39.5 Å². The Hall–Kier alpha value is -5.17. The highest BCUT2D eigenvalue weighted by atomic mass is 19.4. The molecule has 0 spiro atoms. The molecule has 0 saturated heterocycles. The minimum atomic E-state index is -5.02. The molecule has 39 heavy (non-hydrogen) atoms. The van der Waals surface area contributed by atoms with Gasteiger partial charge in [0.05, 0.1) is 6.57 Å². The highest BCUT2D eigenvalue weighted by molar-refractivity contribution is 5.93. The zero-order valence-electron chi connectivity index (χ0n) is 19.9. The number of alkyl halides is 3. The van der Waals surface area contributed by atoms with Gasteiger partial charge >= 0.3 is 18.3 Å². The molecule has 196 valence electrons. The second-order valence-electron chi connectivity index (χ2n) is 8.03. The number of benzene rings is 4. The molecule has 4 aromatic carbocycles. The van der Waals surface area contributed by atoms with E-state index in [1.54, 1.807) is 48.5 Å². The number of carbonyl (C=O) groups is 2. The summed E-state index contributed by atoms with van der Waals surface area (Å²) in [6, 6.07) is 22.3. The number of rotatable bonds is 7. The Morgan fingerprint density at radius 2 is 1.13 bits per heavy atom. The SMILES string of the molecule is [C-]#[N+]c1ccc(-c2ccc(OC(=O)CC(=O)Oc3ccc(-c4ccc(OC(F)(F)F)c(F)c4)cc3)cc2)cc1. The molecule has 10 heteroatoms. The Bertz CT molecular complexity index is 1520. The second kappa shape index (κ2) is 11.5. The van der Waals surface area contributed by atoms with Gasteiger partial charge < -0.3 is 14.2 Å². The van der Waals surface area contributed by atoms with Crippen LogP contribution in [0.4, 0.5) is 23.2 Å². The molecule has 0 fully saturated rings. The molecule has 0 aliphatic carbocycles. The van der Waals surface area contributed by atoms with Gasteiger partial charge in [-0.1, -0.05) is 54.6 Å². The van der Waals surface area contributed by atoms with E-state index >= 15 is 0 Å². The van der Waals surface area contributed by atoms with Crippen molar-refractivity contribution in [1.29, 1.82) is 0 Å². The van der Waals surface area contributed by atoms with Gasteiger partial charge in [-0.2, -0.15) is 0 Å². The summed E-state index contributed by atoms with van der Waals surface area (Å²) in [5.41, 5.74) is 2.97. The summed E-state index contributed by atoms with van der Waals surface area (Å²) in [5, 5.41) is 0. The maximum Gasteiger partial charge on any atom is 0.573 e. The lowest BCUT2D eigenvalue weighted by Crippen LogP contribution is -2.18. The van der Waals surface area contributed by atoms with Crippen LogP contribution in [0.25, 0.3) is 27.1 Å². The lowest BCUT2D eigenvalue weighted by atomic mass is 10.1. The average molecular weight is 535 g/mol. The first-order chi connectivity index (χ1) is 18.6. The molecule has 0 N–H and O–H groups in total. The van der Waals surface area contributed by atoms with Crippen LogP contribution in [-0.4, -0.2) is 18.3 Å². The van der Waals surface area contributed by atoms with Gasteiger partial charge in [0.1, 0.15) is 17.9 Å². The second-order valence-corrected chi connectivity index (χ2v) is 8.03. The molecule has 0 bridgehead atoms. The fourth-order valence-electron chi connectivity index (χ4n) is 3.50. The van der Waals surface area contributed by atoms with E-state index in [0.717, 1.165) is 23.3 Å². The maximum absolute atomic E-state index is 14.0. The number of hydrogen-bond donors (Lipinski definition) is 0. The van der Waals surface area contributed by atoms with Crippen LogP contribution >= 0.6 is 0 Å². The van der Waals surface area contributed by atoms with Crippen molar-refractivity contribution < 1.29 is 41.4 Å². The highest BCUT2D eigenvalue weighted by Crippen LogP contribution is 2.30. The molecule has 0 amide bonds. The number of hydrogen-bond acceptors (Lipinski definition) is 5. The molecule has 0 saturated carbocycles. The van der Waals surface area contributed by atoms with Gasteiger partial charge in [-0.25, -0.2) is 9.24 Å². The van der Waals surface area contributed by atoms with E-state index in [2.05, 4.69) is 9.58 Å². The van der Waals surface area contributed by atoms with Gasteiger partial charge in [0.2, 0.25) is 0 Å². The first-order valence-electron chi connectivity index (χ1n) is 11.2. The molecule has 0 atom stereocenters. The van der Waals surface area contributed by atoms with E-state index in [-0.39, 0.29) is 17.1 Å². The third kappa shape index (κ3) is 7.42. The third-order valence-electron chi connectivity index (χ3n) is 5.28. The van der Waals surface area contributed by atoms with Gasteiger partial charge in [-0.15, -0.1) is 13.2 Å². The lowest BCUT2D eigenvalue weighted by molar-refractivity contribution is -0.275. The Kier molecular flexibility index (Phi) is 7.91. The first kappa shape index (κ1) is 26.9. The fraction of sp³-hybridized carbons (Fsp3) is 0.0690. The van der Waals surface area contributed by atoms with Gasteiger partial charge in [-0.3, -0.25) is 9.59 Å². The quantitative estimate of drug-likeness (QED) is 0.0806. The summed E-state index contributed by atoms with van der Waals surface area (Å²) < 4.78 is 64.8. The normalized spacial score (nSPS) is 10.8. The van der Waals surface area contributed by atoms with Crippen LogP contribution < -0.4 is 14.2 Å². The van der Waals surface area contributed by atoms with Crippen molar-refractivity contribution in [1.82, 2.24) is 0 Å². The number of nitrogens with zero attached hydrogens (tertiary/aromatic N) is 1. The zero-order valence-corrected chi connectivity index (χ0v) is 19.9. The largest absolute Gasteiger partial charge is 0.573 e. The van der Waals surface area contributed by atoms with Crippen molar-refractivity contribution in [2.75, 3.05) is 0 Å². The topological polar surface area (TPSA) is 66.2 Å². The number of ether oxygens (including phenoxy) is 3. The van der Waals surface area contributed by atoms with Crippen molar-refractivity contribution in [2.45, 2.75) is 12.8 Å². The molecule has 4 aromatic rings. The van der Waals surface area contributed by atoms with Crippen molar-refractivity contribution in [3.05, 3.63) is 108 Å². The van der Waals surface area contributed by atoms with Crippen molar-refractivity contribution in [3.63, 3.8) is 0 Å². The van der Waals surface area contributed by atoms with Gasteiger partial charge in [-0.05, 0) is 58.7 Å². The van der Waals surface area contributed by atoms with Crippen molar-refractivity contribution >= 4 is 17.6 Å². The molecular weight excluding hydrogens is 518 g/mol. The molecule has 0 unspecified atom stereocenters. The fourth-order valence-corrected chi connectivity index (χ4v) is 3.50. The van der Waals surface area contributed by atoms with Gasteiger partial charge in [0.25, 0.3) is 0 Å². The van der Waals surface area contributed by atoms with E-state index < -0.39 is 36.3 Å². The molecule has 0 aromatic heterocycles. The minimum absolute atomic E-state index is 0.0997. The number of carbonyl (C=O) groups excluding carboxylic acids is 2. The van der Waals surface area contributed by atoms with Gasteiger partial charge in [0, 0.05) is 0 Å². The summed E-state index contributed by atoms with van der Waals surface area (Å²) >= 11 is 0. The predicted molar refractivity (Wildman–Crippen MR) is 133 cm³/mol. The summed E-state index contributed by atoms with van der Waals surface area (Å²) in [4.78, 5) is 27.7. The molecule has 4 rings (SSSR count). The van der Waals surface area contributed by atoms with E-state index in [1.807, 2.05) is 0 Å². The Labute approximate surface area is 219 Å². The van der Waals surface area contributed by atoms with E-state index in [9.17, 15) is 27.2 Å². The smallest absolute Gasteiger partial charge is 0.426 e. The molecule has 0 heterocycles. The number of halogens is 4. The minimum Gasteiger partial charge on any atom is -0.426 e. The predicted octanol–water partition coefficient (Wildman–Crippen LogP) is 7.51. The standard InChI is InChI=1S/C29H17F4NO5/c1-34-22-9-2-18(3-10-22)19-4-11-23(12-5-19)37-27(35)17-28(36)38-24-13-6-20(7-14-24)21-8-15-26(25(30)16-21)39-29(31,32)33/h2-16H,17H2. The Morgan fingerprint density at radius 1 is 0.692 bits per heavy atom. The molecule has 0 radical (unpaired) electrons. The lowest BCUT2D eigenvalue weighted by Gasteiger charge is -2.11. The molecular formula is C29H17F4NO5. The Morgan fingerprint density at radius 3 is 1.56 bits per heavy atom. The van der Waals surface area contributed by atoms with Crippen LogP contribution in [0.3, 0.4) is 0 Å². The summed E-state index contributed by atoms with van der Waals surface area (Å²) in [7, 11) is 0. The summed E-state index contributed by atoms with van der Waals surface area (Å²) in [5.74, 6) is -3.51. The van der Waals surface area contributed by atoms with E-state index in [1.165, 1.54) is 30.3 Å². The summed E-state index contributed by atoms with van der Waals surface area (Å²) in [6.07, 6.45) is -5.67. The maximum atomic E-state index is 14.0. The molecule has 0 aliphatic heterocycles. The van der Waals surface area contributed by atoms with Crippen LogP contribution in [0, 0.1) is 12.4 Å². The first-order valence-corrected chi connectivity index (χ1v) is 11.2.